The topological polar surface area (TPSA) is 84.0 Å². The first kappa shape index (κ1) is 16.8. The lowest BCUT2D eigenvalue weighted by Gasteiger charge is -2.38. The number of benzene rings is 2. The van der Waals surface area contributed by atoms with Crippen molar-refractivity contribution in [3.63, 3.8) is 0 Å². The molecule has 2 heterocycles. The first-order chi connectivity index (χ1) is 13.2. The number of nitrogens with zero attached hydrogens (tertiary/aromatic N) is 5. The van der Waals surface area contributed by atoms with E-state index in [4.69, 9.17) is 10.00 Å². The third kappa shape index (κ3) is 3.65. The van der Waals surface area contributed by atoms with Crippen molar-refractivity contribution in [2.24, 2.45) is 0 Å². The van der Waals surface area contributed by atoms with Crippen LogP contribution < -0.4 is 4.74 Å². The quantitative estimate of drug-likeness (QED) is 0.698. The van der Waals surface area contributed by atoms with E-state index in [9.17, 15) is 4.79 Å². The Labute approximate surface area is 156 Å². The van der Waals surface area contributed by atoms with Gasteiger partial charge in [0.1, 0.15) is 18.1 Å². The molecule has 1 amide bonds. The molecule has 0 atom stereocenters. The third-order valence-corrected chi connectivity index (χ3v) is 4.45. The van der Waals surface area contributed by atoms with Crippen LogP contribution in [0.3, 0.4) is 0 Å². The number of carbonyl (C=O) groups excluding carboxylic acids is 1. The fourth-order valence-electron chi connectivity index (χ4n) is 2.92. The molecule has 7 heteroatoms. The maximum Gasteiger partial charge on any atom is 0.254 e. The van der Waals surface area contributed by atoms with Crippen molar-refractivity contribution < 1.29 is 9.53 Å². The van der Waals surface area contributed by atoms with E-state index in [0.717, 1.165) is 11.4 Å². The van der Waals surface area contributed by atoms with Gasteiger partial charge in [-0.25, -0.2) is 4.68 Å². The number of amides is 1. The minimum absolute atomic E-state index is 0.0731. The molecule has 1 aliphatic rings. The maximum atomic E-state index is 12.5. The van der Waals surface area contributed by atoms with Gasteiger partial charge in [-0.15, -0.1) is 5.10 Å². The van der Waals surface area contributed by atoms with Crippen molar-refractivity contribution in [3.8, 4) is 11.8 Å². The Morgan fingerprint density at radius 2 is 2.00 bits per heavy atom. The Balaban J connectivity index is 1.32. The molecule has 4 rings (SSSR count). The van der Waals surface area contributed by atoms with Crippen molar-refractivity contribution in [2.45, 2.75) is 12.6 Å². The van der Waals surface area contributed by atoms with Crippen LogP contribution in [-0.2, 0) is 6.61 Å². The van der Waals surface area contributed by atoms with Crippen LogP contribution in [0, 0.1) is 11.3 Å². The minimum Gasteiger partial charge on any atom is -0.487 e. The molecule has 1 saturated heterocycles. The van der Waals surface area contributed by atoms with Gasteiger partial charge in [0.25, 0.3) is 5.91 Å². The molecule has 2 aromatic carbocycles. The molecule has 134 valence electrons. The maximum absolute atomic E-state index is 12.5. The zero-order chi connectivity index (χ0) is 18.6. The van der Waals surface area contributed by atoms with Crippen LogP contribution in [0.2, 0.25) is 0 Å². The smallest absolute Gasteiger partial charge is 0.254 e. The lowest BCUT2D eigenvalue weighted by atomic mass is 10.1. The Hall–Kier alpha value is -3.66. The van der Waals surface area contributed by atoms with Crippen molar-refractivity contribution in [1.29, 1.82) is 5.26 Å². The van der Waals surface area contributed by atoms with E-state index >= 15 is 0 Å². The molecule has 3 aromatic rings. The molecule has 0 spiro atoms. The first-order valence-electron chi connectivity index (χ1n) is 8.61. The third-order valence-electron chi connectivity index (χ3n) is 4.45. The van der Waals surface area contributed by atoms with E-state index in [1.54, 1.807) is 33.8 Å². The van der Waals surface area contributed by atoms with Gasteiger partial charge < -0.3 is 9.64 Å². The van der Waals surface area contributed by atoms with Crippen molar-refractivity contribution in [2.75, 3.05) is 13.1 Å². The highest BCUT2D eigenvalue weighted by Crippen LogP contribution is 2.23. The van der Waals surface area contributed by atoms with Crippen molar-refractivity contribution in [3.05, 3.63) is 77.6 Å². The van der Waals surface area contributed by atoms with Crippen LogP contribution in [0.25, 0.3) is 0 Å². The standard InChI is InChI=1S/C20H17N5O2/c21-10-15-5-4-6-16(9-15)20(26)24-12-18(13-24)25-11-17(22-23-25)14-27-19-7-2-1-3-8-19/h1-9,11,18H,12-14H2. The Morgan fingerprint density at radius 1 is 1.19 bits per heavy atom. The summed E-state index contributed by atoms with van der Waals surface area (Å²) < 4.78 is 7.45. The Kier molecular flexibility index (Phi) is 4.54. The van der Waals surface area contributed by atoms with E-state index in [0.29, 0.717) is 30.8 Å². The van der Waals surface area contributed by atoms with Crippen LogP contribution in [0.15, 0.2) is 60.8 Å². The second-order valence-corrected chi connectivity index (χ2v) is 6.35. The second-order valence-electron chi connectivity index (χ2n) is 6.35. The lowest BCUT2D eigenvalue weighted by Crippen LogP contribution is -2.50. The van der Waals surface area contributed by atoms with Crippen LogP contribution >= 0.6 is 0 Å². The minimum atomic E-state index is -0.0731. The SMILES string of the molecule is N#Cc1cccc(C(=O)N2CC(n3cc(COc4ccccc4)nn3)C2)c1. The van der Waals surface area contributed by atoms with Gasteiger partial charge in [-0.05, 0) is 30.3 Å². The Bertz CT molecular complexity index is 987. The average Bonchev–Trinajstić information content (AvgIpc) is 3.14. The van der Waals surface area contributed by atoms with Gasteiger partial charge in [0.05, 0.1) is 23.9 Å². The van der Waals surface area contributed by atoms with Gasteiger partial charge in [0, 0.05) is 18.7 Å². The molecular weight excluding hydrogens is 342 g/mol. The molecule has 0 radical (unpaired) electrons. The largest absolute Gasteiger partial charge is 0.487 e. The van der Waals surface area contributed by atoms with Crippen LogP contribution in [0.4, 0.5) is 0 Å². The monoisotopic (exact) mass is 359 g/mol. The molecule has 1 fully saturated rings. The van der Waals surface area contributed by atoms with Crippen LogP contribution in [0.5, 0.6) is 5.75 Å². The summed E-state index contributed by atoms with van der Waals surface area (Å²) >= 11 is 0. The predicted octanol–water partition coefficient (Wildman–Crippen LogP) is 2.43. The fraction of sp³-hybridized carbons (Fsp3) is 0.200. The van der Waals surface area contributed by atoms with Crippen LogP contribution in [-0.4, -0.2) is 38.9 Å². The summed E-state index contributed by atoms with van der Waals surface area (Å²) in [7, 11) is 0. The number of carbonyl (C=O) groups is 1. The normalized spacial score (nSPS) is 13.7. The Morgan fingerprint density at radius 3 is 2.78 bits per heavy atom. The van der Waals surface area contributed by atoms with Gasteiger partial charge in [-0.2, -0.15) is 5.26 Å². The van der Waals surface area contributed by atoms with Gasteiger partial charge in [0.15, 0.2) is 0 Å². The number of hydrogen-bond donors (Lipinski definition) is 0. The summed E-state index contributed by atoms with van der Waals surface area (Å²) in [6.45, 7) is 1.48. The summed E-state index contributed by atoms with van der Waals surface area (Å²) in [4.78, 5) is 14.2. The highest BCUT2D eigenvalue weighted by molar-refractivity contribution is 5.95. The second kappa shape index (κ2) is 7.30. The van der Waals surface area contributed by atoms with Crippen LogP contribution in [0.1, 0.15) is 27.7 Å². The van der Waals surface area contributed by atoms with E-state index in [1.165, 1.54) is 0 Å². The van der Waals surface area contributed by atoms with E-state index in [2.05, 4.69) is 16.4 Å². The molecular formula is C20H17N5O2. The first-order valence-corrected chi connectivity index (χ1v) is 8.61. The molecule has 0 N–H and O–H groups in total. The molecule has 7 nitrogen and oxygen atoms in total. The number of nitriles is 1. The van der Waals surface area contributed by atoms with Crippen molar-refractivity contribution in [1.82, 2.24) is 19.9 Å². The highest BCUT2D eigenvalue weighted by Gasteiger charge is 2.33. The summed E-state index contributed by atoms with van der Waals surface area (Å²) in [5.41, 5.74) is 1.76. The van der Waals surface area contributed by atoms with Gasteiger partial charge in [0.2, 0.25) is 0 Å². The lowest BCUT2D eigenvalue weighted by molar-refractivity contribution is 0.0498. The number of rotatable bonds is 5. The molecule has 0 aliphatic carbocycles. The molecule has 1 aromatic heterocycles. The number of para-hydroxylation sites is 1. The number of likely N-dealkylation sites (tertiary alicyclic amines) is 1. The zero-order valence-electron chi connectivity index (χ0n) is 14.5. The number of hydrogen-bond acceptors (Lipinski definition) is 5. The molecule has 1 aliphatic heterocycles. The molecule has 0 unspecified atom stereocenters. The van der Waals surface area contributed by atoms with Gasteiger partial charge in [-0.1, -0.05) is 29.5 Å². The summed E-state index contributed by atoms with van der Waals surface area (Å²) in [5, 5.41) is 17.2. The molecule has 0 saturated carbocycles. The summed E-state index contributed by atoms with van der Waals surface area (Å²) in [6, 6.07) is 18.4. The zero-order valence-corrected chi connectivity index (χ0v) is 14.5. The van der Waals surface area contributed by atoms with E-state index in [1.807, 2.05) is 36.5 Å². The van der Waals surface area contributed by atoms with Crippen molar-refractivity contribution >= 4 is 5.91 Å². The van der Waals surface area contributed by atoms with Gasteiger partial charge in [-0.3, -0.25) is 4.79 Å². The summed E-state index contributed by atoms with van der Waals surface area (Å²) in [6.07, 6.45) is 1.85. The predicted molar refractivity (Wildman–Crippen MR) is 96.9 cm³/mol. The van der Waals surface area contributed by atoms with E-state index < -0.39 is 0 Å². The summed E-state index contributed by atoms with van der Waals surface area (Å²) in [5.74, 6) is 0.711. The molecule has 0 bridgehead atoms. The van der Waals surface area contributed by atoms with E-state index in [-0.39, 0.29) is 11.9 Å². The highest BCUT2D eigenvalue weighted by atomic mass is 16.5. The number of ether oxygens (including phenoxy) is 1. The fourth-order valence-corrected chi connectivity index (χ4v) is 2.92. The average molecular weight is 359 g/mol. The number of aromatic nitrogens is 3. The molecule has 27 heavy (non-hydrogen) atoms. The van der Waals surface area contributed by atoms with Gasteiger partial charge >= 0.3 is 0 Å².